The predicted octanol–water partition coefficient (Wildman–Crippen LogP) is 7.97. The molecule has 0 saturated carbocycles. The summed E-state index contributed by atoms with van der Waals surface area (Å²) in [5.41, 5.74) is -4.46. The third-order valence-electron chi connectivity index (χ3n) is 6.61. The topological polar surface area (TPSA) is 59.1 Å². The highest BCUT2D eigenvalue weighted by Gasteiger charge is 2.58. The zero-order chi connectivity index (χ0) is 30.9. The van der Waals surface area contributed by atoms with Gasteiger partial charge in [-0.25, -0.2) is 9.59 Å². The van der Waals surface area contributed by atoms with Crippen molar-refractivity contribution in [3.63, 3.8) is 0 Å². The van der Waals surface area contributed by atoms with Crippen LogP contribution in [0.1, 0.15) is 48.6 Å². The summed E-state index contributed by atoms with van der Waals surface area (Å²) < 4.78 is 135. The molecule has 0 spiro atoms. The predicted molar refractivity (Wildman–Crippen MR) is 127 cm³/mol. The van der Waals surface area contributed by atoms with E-state index in [4.69, 9.17) is 4.74 Å². The number of carbonyl (C=O) groups excluding carboxylic acids is 2. The molecule has 6 nitrogen and oxygen atoms in total. The first kappa shape index (κ1) is 31.9. The fourth-order valence-electron chi connectivity index (χ4n) is 5.02. The molecule has 15 heteroatoms. The zero-order valence-electron chi connectivity index (χ0n) is 21.8. The second-order valence-corrected chi connectivity index (χ2v) is 9.13. The van der Waals surface area contributed by atoms with Crippen LogP contribution in [0.5, 0.6) is 0 Å². The van der Waals surface area contributed by atoms with Gasteiger partial charge < -0.3 is 9.47 Å². The number of alkyl halides is 9. The first-order chi connectivity index (χ1) is 18.9. The average Bonchev–Trinajstić information content (AvgIpc) is 2.88. The van der Waals surface area contributed by atoms with Crippen molar-refractivity contribution in [1.29, 1.82) is 0 Å². The lowest BCUT2D eigenvalue weighted by Crippen LogP contribution is -2.58. The second kappa shape index (κ2) is 11.7. The van der Waals surface area contributed by atoms with Gasteiger partial charge in [0.05, 0.1) is 42.6 Å². The molecule has 0 aromatic heterocycles. The summed E-state index contributed by atoms with van der Waals surface area (Å²) in [5.74, 6) is -2.53. The highest BCUT2D eigenvalue weighted by Crippen LogP contribution is 2.52. The molecule has 1 aliphatic rings. The summed E-state index contributed by atoms with van der Waals surface area (Å²) >= 11 is 0. The number of halogens is 9. The molecule has 1 aliphatic heterocycles. The fraction of sp³-hybridized carbons (Fsp3) is 0.462. The van der Waals surface area contributed by atoms with Crippen molar-refractivity contribution >= 4 is 17.9 Å². The Morgan fingerprint density at radius 1 is 0.902 bits per heavy atom. The summed E-state index contributed by atoms with van der Waals surface area (Å²) in [6.07, 6.45) is -18.4. The molecule has 226 valence electrons. The van der Waals surface area contributed by atoms with E-state index in [1.54, 1.807) is 0 Å². The maximum atomic E-state index is 14.8. The van der Waals surface area contributed by atoms with Crippen molar-refractivity contribution in [2.45, 2.75) is 57.4 Å². The van der Waals surface area contributed by atoms with Crippen LogP contribution in [0.15, 0.2) is 42.5 Å². The lowest BCUT2D eigenvalue weighted by atomic mass is 9.78. The Morgan fingerprint density at radius 3 is 1.93 bits per heavy atom. The largest absolute Gasteiger partial charge is 0.453 e. The van der Waals surface area contributed by atoms with E-state index < -0.39 is 72.0 Å². The van der Waals surface area contributed by atoms with Gasteiger partial charge in [0.1, 0.15) is 5.92 Å². The van der Waals surface area contributed by atoms with E-state index in [-0.39, 0.29) is 30.3 Å². The van der Waals surface area contributed by atoms with Gasteiger partial charge in [0.25, 0.3) is 0 Å². The van der Waals surface area contributed by atoms with Gasteiger partial charge in [0.2, 0.25) is 0 Å². The molecule has 3 rings (SSSR count). The molecule has 0 radical (unpaired) electrons. The maximum absolute atomic E-state index is 14.8. The number of fused-ring (bicyclic) bond motifs is 1. The lowest BCUT2D eigenvalue weighted by Gasteiger charge is -2.49. The maximum Gasteiger partial charge on any atom is 0.416 e. The van der Waals surface area contributed by atoms with Crippen molar-refractivity contribution in [3.8, 4) is 0 Å². The molecule has 0 aliphatic carbocycles. The van der Waals surface area contributed by atoms with Crippen molar-refractivity contribution in [1.82, 2.24) is 4.90 Å². The summed E-state index contributed by atoms with van der Waals surface area (Å²) in [6.45, 7) is 1.52. The lowest BCUT2D eigenvalue weighted by molar-refractivity contribution is -0.199. The van der Waals surface area contributed by atoms with Crippen LogP contribution in [0.4, 0.5) is 54.8 Å². The average molecular weight is 600 g/mol. The van der Waals surface area contributed by atoms with Crippen molar-refractivity contribution in [2.24, 2.45) is 5.92 Å². The van der Waals surface area contributed by atoms with Crippen molar-refractivity contribution in [2.75, 3.05) is 18.6 Å². The SMILES string of the molecule is CCOC(=O)N1c2ccccc2[C@@H](N(Cc2cc(C(F)(F)F)cc(C(F)(F)F)c2)C(=O)OC)C(C(F)(F)F)[C@H]1CC. The third kappa shape index (κ3) is 6.64. The normalized spacial score (nSPS) is 19.4. The van der Waals surface area contributed by atoms with Gasteiger partial charge in [-0.3, -0.25) is 9.80 Å². The van der Waals surface area contributed by atoms with E-state index in [0.717, 1.165) is 12.0 Å². The summed E-state index contributed by atoms with van der Waals surface area (Å²) in [6, 6.07) is 2.06. The molecule has 2 aromatic rings. The molecular weight excluding hydrogens is 575 g/mol. The van der Waals surface area contributed by atoms with Crippen LogP contribution < -0.4 is 4.90 Å². The number of benzene rings is 2. The molecule has 0 saturated heterocycles. The van der Waals surface area contributed by atoms with E-state index in [1.807, 2.05) is 0 Å². The summed E-state index contributed by atoms with van der Waals surface area (Å²) in [4.78, 5) is 27.0. The number of nitrogens with zero attached hydrogens (tertiary/aromatic N) is 2. The Balaban J connectivity index is 2.29. The minimum Gasteiger partial charge on any atom is -0.453 e. The minimum absolute atomic E-state index is 0.0720. The monoisotopic (exact) mass is 600 g/mol. The molecule has 0 bridgehead atoms. The molecule has 41 heavy (non-hydrogen) atoms. The van der Waals surface area contributed by atoms with Gasteiger partial charge in [0.15, 0.2) is 0 Å². The fourth-order valence-corrected chi connectivity index (χ4v) is 5.02. The number of para-hydroxylation sites is 1. The first-order valence-corrected chi connectivity index (χ1v) is 12.2. The number of hydrogen-bond acceptors (Lipinski definition) is 4. The van der Waals surface area contributed by atoms with Crippen LogP contribution in [0.2, 0.25) is 0 Å². The highest BCUT2D eigenvalue weighted by atomic mass is 19.4. The van der Waals surface area contributed by atoms with Gasteiger partial charge in [-0.2, -0.15) is 39.5 Å². The van der Waals surface area contributed by atoms with Crippen LogP contribution in [-0.2, 0) is 28.4 Å². The molecule has 0 fully saturated rings. The van der Waals surface area contributed by atoms with Gasteiger partial charge in [0, 0.05) is 6.54 Å². The van der Waals surface area contributed by atoms with Crippen LogP contribution >= 0.6 is 0 Å². The number of anilines is 1. The summed E-state index contributed by atoms with van der Waals surface area (Å²) in [7, 11) is 0.808. The van der Waals surface area contributed by atoms with Crippen molar-refractivity contribution in [3.05, 3.63) is 64.7 Å². The Labute approximate surface area is 228 Å². The molecule has 0 N–H and O–H groups in total. The molecule has 3 atom stereocenters. The quantitative estimate of drug-likeness (QED) is 0.327. The number of carbonyl (C=O) groups is 2. The third-order valence-corrected chi connectivity index (χ3v) is 6.61. The Bertz CT molecular complexity index is 1230. The van der Waals surface area contributed by atoms with Gasteiger partial charge in [-0.1, -0.05) is 25.1 Å². The molecule has 1 heterocycles. The first-order valence-electron chi connectivity index (χ1n) is 12.2. The second-order valence-electron chi connectivity index (χ2n) is 9.13. The van der Waals surface area contributed by atoms with Crippen LogP contribution in [0.3, 0.4) is 0 Å². The van der Waals surface area contributed by atoms with Crippen LogP contribution in [0, 0.1) is 5.92 Å². The molecular formula is C26H25F9N2O4. The number of methoxy groups -OCH3 is 1. The minimum atomic E-state index is -5.23. The van der Waals surface area contributed by atoms with E-state index in [0.29, 0.717) is 17.0 Å². The highest BCUT2D eigenvalue weighted by molar-refractivity contribution is 5.90. The van der Waals surface area contributed by atoms with E-state index >= 15 is 0 Å². The smallest absolute Gasteiger partial charge is 0.416 e. The van der Waals surface area contributed by atoms with E-state index in [1.165, 1.54) is 38.1 Å². The Morgan fingerprint density at radius 2 is 1.46 bits per heavy atom. The Hall–Kier alpha value is -3.65. The number of rotatable bonds is 5. The Kier molecular flexibility index (Phi) is 9.08. The van der Waals surface area contributed by atoms with Gasteiger partial charge in [-0.15, -0.1) is 0 Å². The van der Waals surface area contributed by atoms with Crippen LogP contribution in [-0.4, -0.2) is 43.0 Å². The number of amides is 2. The van der Waals surface area contributed by atoms with E-state index in [9.17, 15) is 49.1 Å². The molecule has 1 unspecified atom stereocenters. The summed E-state index contributed by atoms with van der Waals surface area (Å²) in [5, 5.41) is 0. The van der Waals surface area contributed by atoms with Gasteiger partial charge in [-0.05, 0) is 48.7 Å². The molecule has 2 amide bonds. The van der Waals surface area contributed by atoms with Gasteiger partial charge >= 0.3 is 30.7 Å². The number of hydrogen-bond donors (Lipinski definition) is 0. The molecule has 2 aromatic carbocycles. The van der Waals surface area contributed by atoms with Crippen molar-refractivity contribution < 1.29 is 58.6 Å². The standard InChI is InChI=1S/C26H25F9N2O4/c1-4-18-20(26(33,34)35)21(17-8-6-7-9-19(17)37(18)23(39)41-5-2)36(22(38)40-3)13-14-10-15(24(27,28)29)12-16(11-14)25(30,31)32/h6-12,18,20-21H,4-5,13H2,1-3H3/t18-,20?,21-/m1/s1. The van der Waals surface area contributed by atoms with Crippen LogP contribution in [0.25, 0.3) is 0 Å². The van der Waals surface area contributed by atoms with E-state index in [2.05, 4.69) is 4.74 Å². The zero-order valence-corrected chi connectivity index (χ0v) is 21.8. The number of ether oxygens (including phenoxy) is 2.